The molecule has 0 atom stereocenters. The third-order valence-electron chi connectivity index (χ3n) is 2.76. The zero-order chi connectivity index (χ0) is 12.1. The lowest BCUT2D eigenvalue weighted by atomic mass is 9.91. The summed E-state index contributed by atoms with van der Waals surface area (Å²) in [5.41, 5.74) is 0. The fraction of sp³-hybridized carbons (Fsp3) is 1.00. The first-order chi connectivity index (χ1) is 7.29. The van der Waals surface area contributed by atoms with Crippen LogP contribution in [-0.2, 0) is 0 Å². The molecule has 0 spiro atoms. The third-order valence-corrected chi connectivity index (χ3v) is 2.76. The van der Waals surface area contributed by atoms with Crippen LogP contribution in [0.25, 0.3) is 0 Å². The van der Waals surface area contributed by atoms with Crippen LogP contribution in [-0.4, -0.2) is 0 Å². The molecule has 2 fully saturated rings. The van der Waals surface area contributed by atoms with Crippen molar-refractivity contribution in [3.63, 3.8) is 0 Å². The lowest BCUT2D eigenvalue weighted by Crippen LogP contribution is -1.99. The minimum Gasteiger partial charge on any atom is -0.0683 e. The largest absolute Gasteiger partial charge is 0.0683 e. The van der Waals surface area contributed by atoms with E-state index >= 15 is 0 Å². The first-order valence-corrected chi connectivity index (χ1v) is 7.29. The van der Waals surface area contributed by atoms with Crippen LogP contribution in [0.2, 0.25) is 0 Å². The van der Waals surface area contributed by atoms with Gasteiger partial charge in [-0.05, 0) is 11.8 Å². The molecule has 0 radical (unpaired) electrons. The molecule has 2 aliphatic rings. The van der Waals surface area contributed by atoms with Crippen molar-refractivity contribution in [1.29, 1.82) is 0 Å². The van der Waals surface area contributed by atoms with Crippen molar-refractivity contribution < 1.29 is 0 Å². The van der Waals surface area contributed by atoms with Gasteiger partial charge in [0.25, 0.3) is 0 Å². The summed E-state index contributed by atoms with van der Waals surface area (Å²) >= 11 is 0. The van der Waals surface area contributed by atoms with Gasteiger partial charge in [0.05, 0.1) is 0 Å². The van der Waals surface area contributed by atoms with Crippen LogP contribution in [0.4, 0.5) is 0 Å². The van der Waals surface area contributed by atoms with E-state index in [1.54, 1.807) is 0 Å². The van der Waals surface area contributed by atoms with Crippen molar-refractivity contribution in [1.82, 2.24) is 0 Å². The van der Waals surface area contributed by atoms with Gasteiger partial charge in [0.15, 0.2) is 0 Å². The number of hydrogen-bond acceptors (Lipinski definition) is 0. The van der Waals surface area contributed by atoms with Crippen LogP contribution >= 0.6 is 0 Å². The van der Waals surface area contributed by atoms with Crippen molar-refractivity contribution in [2.45, 2.75) is 86.5 Å². The Kier molecular flexibility index (Phi) is 16.2. The SMILES string of the molecule is CC.CC.CC1CC1.CC1CCCCC1. The van der Waals surface area contributed by atoms with Gasteiger partial charge in [-0.2, -0.15) is 0 Å². The molecule has 0 saturated heterocycles. The smallest absolute Gasteiger partial charge is 0.0443 e. The normalized spacial score (nSPS) is 19.6. The van der Waals surface area contributed by atoms with Crippen LogP contribution in [0, 0.1) is 11.8 Å². The van der Waals surface area contributed by atoms with E-state index in [2.05, 4.69) is 13.8 Å². The average Bonchev–Trinajstić information content (AvgIpc) is 3.09. The molecule has 0 N–H and O–H groups in total. The second-order valence-electron chi connectivity index (χ2n) is 4.43. The van der Waals surface area contributed by atoms with Gasteiger partial charge in [-0.15, -0.1) is 0 Å². The fourth-order valence-corrected chi connectivity index (χ4v) is 1.47. The molecule has 0 nitrogen and oxygen atoms in total. The Bertz CT molecular complexity index is 86.2. The lowest BCUT2D eigenvalue weighted by Gasteiger charge is -2.15. The van der Waals surface area contributed by atoms with Crippen LogP contribution < -0.4 is 0 Å². The molecule has 0 bridgehead atoms. The maximum absolute atomic E-state index is 2.36. The average molecular weight is 214 g/mol. The summed E-state index contributed by atoms with van der Waals surface area (Å²) in [4.78, 5) is 0. The summed E-state index contributed by atoms with van der Waals surface area (Å²) in [6, 6.07) is 0. The monoisotopic (exact) mass is 214 g/mol. The van der Waals surface area contributed by atoms with E-state index in [1.807, 2.05) is 27.7 Å². The predicted molar refractivity (Wildman–Crippen MR) is 73.3 cm³/mol. The highest BCUT2D eigenvalue weighted by molar-refractivity contribution is 4.65. The van der Waals surface area contributed by atoms with Crippen LogP contribution in [0.5, 0.6) is 0 Å². The van der Waals surface area contributed by atoms with Gasteiger partial charge < -0.3 is 0 Å². The summed E-state index contributed by atoms with van der Waals surface area (Å²) in [7, 11) is 0. The van der Waals surface area contributed by atoms with Gasteiger partial charge >= 0.3 is 0 Å². The van der Waals surface area contributed by atoms with E-state index in [0.717, 1.165) is 11.8 Å². The Morgan fingerprint density at radius 2 is 0.867 bits per heavy atom. The summed E-state index contributed by atoms with van der Waals surface area (Å²) in [5.74, 6) is 2.12. The van der Waals surface area contributed by atoms with Crippen molar-refractivity contribution in [2.75, 3.05) is 0 Å². The van der Waals surface area contributed by atoms with Gasteiger partial charge in [0, 0.05) is 0 Å². The highest BCUT2D eigenvalue weighted by Gasteiger charge is 2.12. The molecule has 0 heterocycles. The molecular formula is C15H34. The van der Waals surface area contributed by atoms with E-state index in [0.29, 0.717) is 0 Å². The van der Waals surface area contributed by atoms with E-state index in [9.17, 15) is 0 Å². The van der Waals surface area contributed by atoms with Crippen LogP contribution in [0.1, 0.15) is 86.5 Å². The molecule has 0 aromatic heterocycles. The Morgan fingerprint density at radius 3 is 1.00 bits per heavy atom. The molecule has 0 aromatic carbocycles. The lowest BCUT2D eigenvalue weighted by molar-refractivity contribution is 0.385. The zero-order valence-electron chi connectivity index (χ0n) is 12.1. The van der Waals surface area contributed by atoms with E-state index in [-0.39, 0.29) is 0 Å². The van der Waals surface area contributed by atoms with Crippen molar-refractivity contribution in [2.24, 2.45) is 11.8 Å². The zero-order valence-corrected chi connectivity index (χ0v) is 12.1. The highest BCUT2D eigenvalue weighted by atomic mass is 14.2. The standard InChI is InChI=1S/C7H14.C4H8.2C2H6/c1-7-5-3-2-4-6-7;1-4-2-3-4;2*1-2/h7H,2-6H2,1H3;4H,2-3H2,1H3;2*1-2H3. The third kappa shape index (κ3) is 16.7. The number of rotatable bonds is 0. The van der Waals surface area contributed by atoms with Gasteiger partial charge in [0.1, 0.15) is 0 Å². The summed E-state index contributed by atoms with van der Waals surface area (Å²) in [5, 5.41) is 0. The molecule has 0 unspecified atom stereocenters. The van der Waals surface area contributed by atoms with Gasteiger partial charge in [-0.1, -0.05) is 86.5 Å². The molecule has 15 heavy (non-hydrogen) atoms. The molecule has 2 aliphatic carbocycles. The molecule has 0 aromatic rings. The van der Waals surface area contributed by atoms with Crippen molar-refractivity contribution >= 4 is 0 Å². The Balaban J connectivity index is 0. The molecule has 0 amide bonds. The maximum Gasteiger partial charge on any atom is -0.0443 e. The molecule has 0 aliphatic heterocycles. The minimum atomic E-state index is 1.04. The van der Waals surface area contributed by atoms with E-state index in [1.165, 1.54) is 44.9 Å². The fourth-order valence-electron chi connectivity index (χ4n) is 1.47. The Hall–Kier alpha value is 0. The number of hydrogen-bond donors (Lipinski definition) is 0. The summed E-state index contributed by atoms with van der Waals surface area (Å²) in [6.45, 7) is 12.6. The summed E-state index contributed by atoms with van der Waals surface area (Å²) < 4.78 is 0. The topological polar surface area (TPSA) is 0 Å². The minimum absolute atomic E-state index is 1.04. The van der Waals surface area contributed by atoms with E-state index < -0.39 is 0 Å². The van der Waals surface area contributed by atoms with E-state index in [4.69, 9.17) is 0 Å². The predicted octanol–water partition coefficient (Wildman–Crippen LogP) is 6.06. The van der Waals surface area contributed by atoms with Crippen LogP contribution in [0.3, 0.4) is 0 Å². The Labute approximate surface area is 98.9 Å². The molecule has 0 heteroatoms. The second kappa shape index (κ2) is 14.0. The molecular weight excluding hydrogens is 180 g/mol. The van der Waals surface area contributed by atoms with Crippen LogP contribution in [0.15, 0.2) is 0 Å². The quantitative estimate of drug-likeness (QED) is 0.460. The first kappa shape index (κ1) is 17.4. The molecule has 94 valence electrons. The highest BCUT2D eigenvalue weighted by Crippen LogP contribution is 2.26. The Morgan fingerprint density at radius 1 is 0.533 bits per heavy atom. The maximum atomic E-state index is 2.36. The van der Waals surface area contributed by atoms with Gasteiger partial charge in [-0.25, -0.2) is 0 Å². The second-order valence-corrected chi connectivity index (χ2v) is 4.43. The van der Waals surface area contributed by atoms with Crippen molar-refractivity contribution in [3.8, 4) is 0 Å². The summed E-state index contributed by atoms with van der Waals surface area (Å²) in [6.07, 6.45) is 10.4. The van der Waals surface area contributed by atoms with Gasteiger partial charge in [-0.3, -0.25) is 0 Å². The molecule has 2 saturated carbocycles. The van der Waals surface area contributed by atoms with Crippen molar-refractivity contribution in [3.05, 3.63) is 0 Å². The first-order valence-electron chi connectivity index (χ1n) is 7.29. The van der Waals surface area contributed by atoms with Gasteiger partial charge in [0.2, 0.25) is 0 Å². The molecule has 2 rings (SSSR count).